The molecule has 0 amide bonds. The summed E-state index contributed by atoms with van der Waals surface area (Å²) in [6.07, 6.45) is 0. The van der Waals surface area contributed by atoms with Gasteiger partial charge in [-0.25, -0.2) is 4.79 Å². The number of oxime groups is 1. The molecular weight excluding hydrogens is 382 g/mol. The number of carbonyl (C=O) groups is 1. The van der Waals surface area contributed by atoms with Crippen molar-refractivity contribution in [3.63, 3.8) is 0 Å². The molecule has 0 aliphatic heterocycles. The van der Waals surface area contributed by atoms with E-state index in [0.717, 1.165) is 27.9 Å². The standard InChI is InChI=1S/C23H21N3O2S/c1-15-16(2)26(14-17-7-4-3-5-8-17)20-11-10-18(13-19(15)20)23(27)28-25-22(24)21-9-6-12-29-21/h3-13H,14H2,1-2H3,(H2,24,25). The van der Waals surface area contributed by atoms with E-state index in [4.69, 9.17) is 10.6 Å². The maximum Gasteiger partial charge on any atom is 0.365 e. The van der Waals surface area contributed by atoms with E-state index >= 15 is 0 Å². The van der Waals surface area contributed by atoms with Gasteiger partial charge in [0.1, 0.15) is 0 Å². The molecule has 146 valence electrons. The summed E-state index contributed by atoms with van der Waals surface area (Å²) < 4.78 is 2.27. The normalized spacial score (nSPS) is 11.7. The van der Waals surface area contributed by atoms with E-state index in [9.17, 15) is 4.79 Å². The lowest BCUT2D eigenvalue weighted by atomic mass is 10.1. The molecule has 29 heavy (non-hydrogen) atoms. The number of nitrogens with zero attached hydrogens (tertiary/aromatic N) is 2. The van der Waals surface area contributed by atoms with Gasteiger partial charge in [0, 0.05) is 23.1 Å². The minimum atomic E-state index is -0.528. The van der Waals surface area contributed by atoms with Gasteiger partial charge in [0.15, 0.2) is 5.84 Å². The van der Waals surface area contributed by atoms with E-state index in [2.05, 4.69) is 35.7 Å². The van der Waals surface area contributed by atoms with Crippen LogP contribution in [0.5, 0.6) is 0 Å². The van der Waals surface area contributed by atoms with Gasteiger partial charge in [-0.15, -0.1) is 11.3 Å². The number of rotatable bonds is 5. The Labute approximate surface area is 173 Å². The molecule has 0 aliphatic carbocycles. The first kappa shape index (κ1) is 19.0. The fourth-order valence-corrected chi connectivity index (χ4v) is 3.98. The third-order valence-electron chi connectivity index (χ3n) is 5.06. The van der Waals surface area contributed by atoms with Crippen LogP contribution in [-0.2, 0) is 11.4 Å². The zero-order valence-electron chi connectivity index (χ0n) is 16.3. The molecule has 2 aromatic carbocycles. The van der Waals surface area contributed by atoms with E-state index in [1.807, 2.05) is 47.8 Å². The lowest BCUT2D eigenvalue weighted by Crippen LogP contribution is -2.13. The quantitative estimate of drug-likeness (QED) is 0.224. The molecule has 0 aliphatic rings. The lowest BCUT2D eigenvalue weighted by Gasteiger charge is -2.09. The third-order valence-corrected chi connectivity index (χ3v) is 5.95. The molecule has 4 aromatic rings. The second kappa shape index (κ2) is 7.93. The summed E-state index contributed by atoms with van der Waals surface area (Å²) in [7, 11) is 0. The van der Waals surface area contributed by atoms with Crippen LogP contribution in [0.25, 0.3) is 10.9 Å². The predicted molar refractivity (Wildman–Crippen MR) is 117 cm³/mol. The van der Waals surface area contributed by atoms with Crippen molar-refractivity contribution in [3.8, 4) is 0 Å². The molecule has 0 saturated heterocycles. The van der Waals surface area contributed by atoms with Gasteiger partial charge in [-0.1, -0.05) is 41.6 Å². The van der Waals surface area contributed by atoms with Crippen molar-refractivity contribution in [1.82, 2.24) is 4.57 Å². The van der Waals surface area contributed by atoms with Crippen molar-refractivity contribution < 1.29 is 9.63 Å². The van der Waals surface area contributed by atoms with Crippen molar-refractivity contribution in [3.05, 3.63) is 93.3 Å². The monoisotopic (exact) mass is 403 g/mol. The highest BCUT2D eigenvalue weighted by Gasteiger charge is 2.15. The van der Waals surface area contributed by atoms with Gasteiger partial charge in [-0.05, 0) is 54.6 Å². The van der Waals surface area contributed by atoms with Crippen molar-refractivity contribution in [2.75, 3.05) is 0 Å². The molecule has 5 nitrogen and oxygen atoms in total. The molecule has 2 heterocycles. The van der Waals surface area contributed by atoms with Crippen LogP contribution in [0, 0.1) is 13.8 Å². The van der Waals surface area contributed by atoms with Crippen molar-refractivity contribution in [1.29, 1.82) is 0 Å². The largest absolute Gasteiger partial charge is 0.380 e. The van der Waals surface area contributed by atoms with Crippen molar-refractivity contribution in [2.45, 2.75) is 20.4 Å². The summed E-state index contributed by atoms with van der Waals surface area (Å²) in [5.74, 6) is -0.338. The SMILES string of the molecule is Cc1c(C)n(Cc2ccccc2)c2ccc(C(=O)O/N=C(\N)c3cccs3)cc12. The summed E-state index contributed by atoms with van der Waals surface area (Å²) >= 11 is 1.44. The Morgan fingerprint density at radius 1 is 1.10 bits per heavy atom. The Balaban J connectivity index is 1.62. The Morgan fingerprint density at radius 2 is 1.90 bits per heavy atom. The third kappa shape index (κ3) is 3.79. The van der Waals surface area contributed by atoms with Crippen molar-refractivity contribution in [2.24, 2.45) is 10.9 Å². The van der Waals surface area contributed by atoms with E-state index in [1.165, 1.54) is 22.6 Å². The summed E-state index contributed by atoms with van der Waals surface area (Å²) in [5.41, 5.74) is 10.9. The summed E-state index contributed by atoms with van der Waals surface area (Å²) in [4.78, 5) is 18.3. The minimum Gasteiger partial charge on any atom is -0.380 e. The highest BCUT2D eigenvalue weighted by Crippen LogP contribution is 2.27. The molecule has 0 saturated carbocycles. The highest BCUT2D eigenvalue weighted by molar-refractivity contribution is 7.12. The van der Waals surface area contributed by atoms with E-state index < -0.39 is 5.97 Å². The second-order valence-corrected chi connectivity index (χ2v) is 7.79. The number of aryl methyl sites for hydroxylation is 1. The van der Waals surface area contributed by atoms with E-state index in [0.29, 0.717) is 5.56 Å². The molecule has 0 bridgehead atoms. The van der Waals surface area contributed by atoms with Gasteiger partial charge in [-0.3, -0.25) is 0 Å². The Kier molecular flexibility index (Phi) is 5.18. The summed E-state index contributed by atoms with van der Waals surface area (Å²) in [6, 6.07) is 19.6. The highest BCUT2D eigenvalue weighted by atomic mass is 32.1. The first-order chi connectivity index (χ1) is 14.0. The maximum absolute atomic E-state index is 12.5. The zero-order chi connectivity index (χ0) is 20.4. The van der Waals surface area contributed by atoms with Crippen LogP contribution in [0.3, 0.4) is 0 Å². The zero-order valence-corrected chi connectivity index (χ0v) is 17.1. The molecule has 6 heteroatoms. The van der Waals surface area contributed by atoms with Gasteiger partial charge in [0.2, 0.25) is 0 Å². The smallest absolute Gasteiger partial charge is 0.365 e. The van der Waals surface area contributed by atoms with Crippen LogP contribution in [0.4, 0.5) is 0 Å². The predicted octanol–water partition coefficient (Wildman–Crippen LogP) is 4.85. The topological polar surface area (TPSA) is 69.6 Å². The van der Waals surface area contributed by atoms with Crippen LogP contribution < -0.4 is 5.73 Å². The number of nitrogens with two attached hydrogens (primary N) is 1. The number of fused-ring (bicyclic) bond motifs is 1. The minimum absolute atomic E-state index is 0.190. The number of carbonyl (C=O) groups excluding carboxylic acids is 1. The number of amidine groups is 1. The fourth-order valence-electron chi connectivity index (χ4n) is 3.36. The van der Waals surface area contributed by atoms with Crippen LogP contribution in [0.2, 0.25) is 0 Å². The van der Waals surface area contributed by atoms with Gasteiger partial charge in [0.25, 0.3) is 0 Å². The van der Waals surface area contributed by atoms with Gasteiger partial charge in [-0.2, -0.15) is 0 Å². The average molecular weight is 404 g/mol. The molecule has 4 rings (SSSR count). The van der Waals surface area contributed by atoms with E-state index in [-0.39, 0.29) is 5.84 Å². The summed E-state index contributed by atoms with van der Waals surface area (Å²) in [5, 5.41) is 6.69. The molecule has 0 spiro atoms. The van der Waals surface area contributed by atoms with Gasteiger partial charge < -0.3 is 15.1 Å². The van der Waals surface area contributed by atoms with E-state index in [1.54, 1.807) is 6.07 Å². The number of thiophene rings is 1. The Hall–Kier alpha value is -3.38. The van der Waals surface area contributed by atoms with Crippen LogP contribution in [0.15, 0.2) is 71.2 Å². The number of hydrogen-bond donors (Lipinski definition) is 1. The maximum atomic E-state index is 12.5. The number of hydrogen-bond acceptors (Lipinski definition) is 4. The van der Waals surface area contributed by atoms with Gasteiger partial charge >= 0.3 is 5.97 Å². The molecule has 2 aromatic heterocycles. The fraction of sp³-hybridized carbons (Fsp3) is 0.130. The first-order valence-electron chi connectivity index (χ1n) is 9.26. The first-order valence-corrected chi connectivity index (χ1v) is 10.1. The lowest BCUT2D eigenvalue weighted by molar-refractivity contribution is 0.0516. The molecule has 0 fully saturated rings. The summed E-state index contributed by atoms with van der Waals surface area (Å²) in [6.45, 7) is 4.95. The van der Waals surface area contributed by atoms with Crippen LogP contribution in [0.1, 0.15) is 32.1 Å². The average Bonchev–Trinajstić information content (AvgIpc) is 3.36. The molecule has 0 unspecified atom stereocenters. The molecule has 0 radical (unpaired) electrons. The van der Waals surface area contributed by atoms with Gasteiger partial charge in [0.05, 0.1) is 10.4 Å². The second-order valence-electron chi connectivity index (χ2n) is 6.85. The number of benzene rings is 2. The number of aromatic nitrogens is 1. The van der Waals surface area contributed by atoms with Crippen molar-refractivity contribution >= 4 is 34.0 Å². The molecule has 2 N–H and O–H groups in total. The molecular formula is C23H21N3O2S. The van der Waals surface area contributed by atoms with Crippen LogP contribution >= 0.6 is 11.3 Å². The Morgan fingerprint density at radius 3 is 2.62 bits per heavy atom. The molecule has 0 atom stereocenters. The Bertz CT molecular complexity index is 1190. The van der Waals surface area contributed by atoms with Crippen LogP contribution in [-0.4, -0.2) is 16.4 Å².